The predicted molar refractivity (Wildman–Crippen MR) is 144 cm³/mol. The van der Waals surface area contributed by atoms with Crippen molar-refractivity contribution < 1.29 is 23.9 Å². The van der Waals surface area contributed by atoms with Crippen LogP contribution in [0.1, 0.15) is 29.5 Å². The second-order valence-electron chi connectivity index (χ2n) is 9.24. The number of carboxylic acid groups (broad SMARTS) is 1. The van der Waals surface area contributed by atoms with Crippen LogP contribution < -0.4 is 16.4 Å². The second kappa shape index (κ2) is 10.4. The van der Waals surface area contributed by atoms with Crippen LogP contribution in [0.2, 0.25) is 0 Å². The first kappa shape index (κ1) is 25.1. The zero-order valence-corrected chi connectivity index (χ0v) is 22.0. The Balaban J connectivity index is 1.22. The number of aliphatic carboxylic acids is 1. The van der Waals surface area contributed by atoms with Gasteiger partial charge in [-0.1, -0.05) is 40.8 Å². The third-order valence-corrected chi connectivity index (χ3v) is 7.78. The zero-order valence-electron chi connectivity index (χ0n) is 19.8. The molecule has 11 nitrogen and oxygen atoms in total. The van der Waals surface area contributed by atoms with E-state index in [1.165, 1.54) is 0 Å². The summed E-state index contributed by atoms with van der Waals surface area (Å²) in [5, 5.41) is 15.4. The fraction of sp³-hybridized carbons (Fsp3) is 0.360. The molecule has 1 aromatic heterocycles. The lowest BCUT2D eigenvalue weighted by atomic mass is 10.00. The van der Waals surface area contributed by atoms with E-state index >= 15 is 0 Å². The van der Waals surface area contributed by atoms with E-state index in [9.17, 15) is 24.3 Å². The van der Waals surface area contributed by atoms with Crippen LogP contribution in [0.25, 0.3) is 11.1 Å². The number of nitrogens with one attached hydrogen (secondary N) is 3. The molecule has 0 unspecified atom stereocenters. The number of halogens is 1. The number of para-hydroxylation sites is 1. The van der Waals surface area contributed by atoms with Crippen molar-refractivity contribution in [2.45, 2.75) is 42.3 Å². The van der Waals surface area contributed by atoms with Crippen molar-refractivity contribution in [3.8, 4) is 0 Å². The molecule has 0 radical (unpaired) electrons. The summed E-state index contributed by atoms with van der Waals surface area (Å²) in [5.41, 5.74) is 4.30. The number of urea groups is 2. The van der Waals surface area contributed by atoms with Crippen LogP contribution in [0.3, 0.4) is 0 Å². The summed E-state index contributed by atoms with van der Waals surface area (Å²) >= 11 is 2.17. The van der Waals surface area contributed by atoms with E-state index in [4.69, 9.17) is 4.42 Å². The zero-order chi connectivity index (χ0) is 26.1. The van der Waals surface area contributed by atoms with Crippen molar-refractivity contribution in [2.24, 2.45) is 0 Å². The van der Waals surface area contributed by atoms with Gasteiger partial charge in [0.25, 0.3) is 0 Å². The van der Waals surface area contributed by atoms with Gasteiger partial charge in [-0.05, 0) is 47.7 Å². The Bertz CT molecular complexity index is 1410. The summed E-state index contributed by atoms with van der Waals surface area (Å²) in [6, 6.07) is 9.34. The van der Waals surface area contributed by atoms with E-state index in [1.807, 2.05) is 24.3 Å². The molecule has 1 fully saturated rings. The Labute approximate surface area is 225 Å². The summed E-state index contributed by atoms with van der Waals surface area (Å²) in [4.78, 5) is 55.2. The molecule has 0 bridgehead atoms. The number of piperidine rings is 1. The van der Waals surface area contributed by atoms with Crippen LogP contribution in [0.5, 0.6) is 0 Å². The van der Waals surface area contributed by atoms with Gasteiger partial charge in [0.1, 0.15) is 6.04 Å². The van der Waals surface area contributed by atoms with Crippen LogP contribution in [-0.4, -0.2) is 63.1 Å². The molecular weight excluding hydrogens is 593 g/mol. The topological polar surface area (TPSA) is 148 Å². The quantitative estimate of drug-likeness (QED) is 0.246. The summed E-state index contributed by atoms with van der Waals surface area (Å²) in [6.45, 7) is 1.34. The summed E-state index contributed by atoms with van der Waals surface area (Å²) < 4.78 is 5.72. The molecule has 37 heavy (non-hydrogen) atoms. The van der Waals surface area contributed by atoms with Crippen molar-refractivity contribution in [2.75, 3.05) is 18.4 Å². The van der Waals surface area contributed by atoms with Gasteiger partial charge in [-0.15, -0.1) is 0 Å². The molecule has 4 amide bonds. The number of carbonyl (C=O) groups excluding carboxylic acids is 2. The normalized spacial score (nSPS) is 16.8. The molecule has 3 aromatic rings. The van der Waals surface area contributed by atoms with Crippen LogP contribution >= 0.6 is 22.6 Å². The van der Waals surface area contributed by atoms with Gasteiger partial charge in [0, 0.05) is 42.2 Å². The van der Waals surface area contributed by atoms with Gasteiger partial charge < -0.3 is 30.0 Å². The number of hydrogen-bond acceptors (Lipinski definition) is 5. The number of H-pyrrole nitrogens is 1. The number of oxazole rings is 1. The van der Waals surface area contributed by atoms with Gasteiger partial charge in [0.2, 0.25) is 0 Å². The van der Waals surface area contributed by atoms with E-state index in [2.05, 4.69) is 38.2 Å². The Hall–Kier alpha value is -3.55. The predicted octanol–water partition coefficient (Wildman–Crippen LogP) is 3.27. The van der Waals surface area contributed by atoms with Gasteiger partial charge in [-0.2, -0.15) is 0 Å². The second-order valence-corrected chi connectivity index (χ2v) is 10.0. The minimum atomic E-state index is -1.15. The molecular formula is C25H26IN5O6. The highest BCUT2D eigenvalue weighted by atomic mass is 127. The third-order valence-electron chi connectivity index (χ3n) is 6.96. The number of benzene rings is 2. The van der Waals surface area contributed by atoms with Crippen molar-refractivity contribution in [3.63, 3.8) is 0 Å². The van der Waals surface area contributed by atoms with Gasteiger partial charge in [0.15, 0.2) is 5.58 Å². The Morgan fingerprint density at radius 3 is 2.65 bits per heavy atom. The number of aromatic nitrogens is 1. The molecule has 0 spiro atoms. The first-order valence-electron chi connectivity index (χ1n) is 12.0. The van der Waals surface area contributed by atoms with E-state index in [1.54, 1.807) is 21.9 Å². The molecule has 4 N–H and O–H groups in total. The maximum atomic E-state index is 13.0. The summed E-state index contributed by atoms with van der Waals surface area (Å²) in [7, 11) is 0. The summed E-state index contributed by atoms with van der Waals surface area (Å²) in [6.07, 6.45) is 1.25. The van der Waals surface area contributed by atoms with Gasteiger partial charge in [-0.3, -0.25) is 4.98 Å². The molecule has 3 heterocycles. The van der Waals surface area contributed by atoms with Crippen molar-refractivity contribution in [3.05, 3.63) is 63.6 Å². The number of likely N-dealkylation sites (tertiary alicyclic amines) is 1. The minimum Gasteiger partial charge on any atom is -0.480 e. The number of rotatable bonds is 6. The lowest BCUT2D eigenvalue weighted by Gasteiger charge is -2.40. The lowest BCUT2D eigenvalue weighted by Crippen LogP contribution is -2.54. The highest BCUT2D eigenvalue weighted by Gasteiger charge is 2.33. The first-order chi connectivity index (χ1) is 17.8. The Morgan fingerprint density at radius 2 is 1.92 bits per heavy atom. The van der Waals surface area contributed by atoms with E-state index < -0.39 is 23.8 Å². The van der Waals surface area contributed by atoms with Gasteiger partial charge in [-0.25, -0.2) is 19.2 Å². The minimum absolute atomic E-state index is 0.0124. The third kappa shape index (κ3) is 5.29. The average Bonchev–Trinajstić information content (AvgIpc) is 3.26. The number of hydrogen-bond donors (Lipinski definition) is 4. The summed E-state index contributed by atoms with van der Waals surface area (Å²) in [5.74, 6) is -1.73. The van der Waals surface area contributed by atoms with Crippen molar-refractivity contribution in [1.82, 2.24) is 20.1 Å². The Morgan fingerprint density at radius 1 is 1.16 bits per heavy atom. The van der Waals surface area contributed by atoms with E-state index in [-0.39, 0.29) is 18.5 Å². The fourth-order valence-corrected chi connectivity index (χ4v) is 5.67. The van der Waals surface area contributed by atoms with Crippen LogP contribution in [0.4, 0.5) is 15.3 Å². The monoisotopic (exact) mass is 619 g/mol. The number of anilines is 1. The number of fused-ring (bicyclic) bond motifs is 2. The molecule has 2 aromatic carbocycles. The van der Waals surface area contributed by atoms with Crippen molar-refractivity contribution >= 4 is 57.4 Å². The molecule has 0 saturated carbocycles. The van der Waals surface area contributed by atoms with Crippen molar-refractivity contribution in [1.29, 1.82) is 0 Å². The molecule has 194 valence electrons. The van der Waals surface area contributed by atoms with Gasteiger partial charge >= 0.3 is 23.8 Å². The SMILES string of the molecule is O=C(O)[C@@H](Cc1cc2oc(=O)[nH]c2cc1CI)NC(=O)N1CCC(N2Cc3ccccc3NC2=O)CC1. The van der Waals surface area contributed by atoms with Gasteiger partial charge in [0.05, 0.1) is 5.52 Å². The number of amides is 4. The number of aromatic amines is 1. The number of carbonyl (C=O) groups is 3. The number of nitrogens with zero attached hydrogens (tertiary/aromatic N) is 2. The highest BCUT2D eigenvalue weighted by Crippen LogP contribution is 2.28. The molecule has 12 heteroatoms. The molecule has 2 aliphatic heterocycles. The first-order valence-corrected chi connectivity index (χ1v) is 13.5. The molecule has 2 aliphatic rings. The average molecular weight is 619 g/mol. The molecule has 1 saturated heterocycles. The standard InChI is InChI=1S/C25H26IN5O6/c26-12-16-10-19-21(37-25(36)29-19)11-15(16)9-20(22(32)33)28-23(34)30-7-5-17(6-8-30)31-13-14-3-1-2-4-18(14)27-24(31)35/h1-4,10-11,17,20H,5-9,12-13H2,(H,27,35)(H,28,34)(H,29,36)(H,32,33)/t20-/m1/s1. The van der Waals surface area contributed by atoms with E-state index in [0.717, 1.165) is 16.8 Å². The van der Waals surface area contributed by atoms with Crippen LogP contribution in [0.15, 0.2) is 45.6 Å². The maximum Gasteiger partial charge on any atom is 0.417 e. The number of carboxylic acids is 1. The molecule has 1 atom stereocenters. The number of alkyl halides is 1. The molecule has 0 aliphatic carbocycles. The fourth-order valence-electron chi connectivity index (χ4n) is 4.96. The Kier molecular flexibility index (Phi) is 7.09. The van der Waals surface area contributed by atoms with E-state index in [0.29, 0.717) is 53.6 Å². The molecule has 5 rings (SSSR count). The maximum absolute atomic E-state index is 13.0. The van der Waals surface area contributed by atoms with Crippen LogP contribution in [0, 0.1) is 0 Å². The van der Waals surface area contributed by atoms with Crippen LogP contribution in [-0.2, 0) is 22.2 Å². The largest absolute Gasteiger partial charge is 0.480 e. The highest BCUT2D eigenvalue weighted by molar-refractivity contribution is 14.1. The lowest BCUT2D eigenvalue weighted by molar-refractivity contribution is -0.139. The smallest absolute Gasteiger partial charge is 0.417 e.